The van der Waals surface area contributed by atoms with E-state index < -0.39 is 0 Å². The van der Waals surface area contributed by atoms with Gasteiger partial charge in [-0.2, -0.15) is 0 Å². The van der Waals surface area contributed by atoms with Crippen molar-refractivity contribution in [2.45, 2.75) is 13.3 Å². The fraction of sp³-hybridized carbons (Fsp3) is 0.111. The van der Waals surface area contributed by atoms with Gasteiger partial charge in [0.15, 0.2) is 0 Å². The fourth-order valence-electron chi connectivity index (χ4n) is 3.90. The van der Waals surface area contributed by atoms with Gasteiger partial charge in [-0.05, 0) is 72.5 Å². The standard InChI is InChI=1S/C27H22FN5/c1-18-14-21(6-8-24(18)28)26-22(5-3-12-30-26)20-7-9-25-23(15-20)27(33-17-32-25)31-13-10-19-4-2-11-29-16-19/h2-9,11-12,14-17H,10,13H2,1H3,(H,31,32,33). The molecule has 0 fully saturated rings. The van der Waals surface area contributed by atoms with Crippen LogP contribution in [0.1, 0.15) is 11.1 Å². The largest absolute Gasteiger partial charge is 0.369 e. The Labute approximate surface area is 191 Å². The Kier molecular flexibility index (Phi) is 5.72. The molecule has 3 aromatic heterocycles. The first-order chi connectivity index (χ1) is 16.2. The maximum absolute atomic E-state index is 13.8. The molecule has 0 unspecified atom stereocenters. The quantitative estimate of drug-likeness (QED) is 0.362. The molecule has 1 N–H and O–H groups in total. The molecular weight excluding hydrogens is 413 g/mol. The van der Waals surface area contributed by atoms with Crippen LogP contribution in [0, 0.1) is 12.7 Å². The Morgan fingerprint density at radius 1 is 0.879 bits per heavy atom. The summed E-state index contributed by atoms with van der Waals surface area (Å²) in [6.07, 6.45) is 7.82. The van der Waals surface area contributed by atoms with Crippen LogP contribution in [0.5, 0.6) is 0 Å². The summed E-state index contributed by atoms with van der Waals surface area (Å²) >= 11 is 0. The number of hydrogen-bond donors (Lipinski definition) is 1. The Hall–Kier alpha value is -4.19. The minimum absolute atomic E-state index is 0.221. The second-order valence-electron chi connectivity index (χ2n) is 7.86. The average Bonchev–Trinajstić information content (AvgIpc) is 2.86. The summed E-state index contributed by atoms with van der Waals surface area (Å²) in [6, 6.07) is 19.1. The number of rotatable bonds is 6. The van der Waals surface area contributed by atoms with E-state index in [1.165, 1.54) is 11.6 Å². The number of benzene rings is 2. The molecule has 3 heterocycles. The van der Waals surface area contributed by atoms with Crippen LogP contribution < -0.4 is 5.32 Å². The highest BCUT2D eigenvalue weighted by molar-refractivity contribution is 5.94. The average molecular weight is 436 g/mol. The molecule has 0 spiro atoms. The van der Waals surface area contributed by atoms with Gasteiger partial charge in [-0.25, -0.2) is 14.4 Å². The number of aryl methyl sites for hydroxylation is 1. The molecule has 0 bridgehead atoms. The topological polar surface area (TPSA) is 63.6 Å². The maximum Gasteiger partial charge on any atom is 0.137 e. The summed E-state index contributed by atoms with van der Waals surface area (Å²) in [5, 5.41) is 4.37. The molecule has 0 atom stereocenters. The van der Waals surface area contributed by atoms with Crippen LogP contribution in [-0.2, 0) is 6.42 Å². The Balaban J connectivity index is 1.50. The molecule has 162 valence electrons. The molecule has 5 aromatic rings. The summed E-state index contributed by atoms with van der Waals surface area (Å²) in [6.45, 7) is 2.49. The van der Waals surface area contributed by atoms with Crippen molar-refractivity contribution in [3.63, 3.8) is 0 Å². The lowest BCUT2D eigenvalue weighted by Crippen LogP contribution is -2.07. The number of hydrogen-bond acceptors (Lipinski definition) is 5. The molecule has 33 heavy (non-hydrogen) atoms. The van der Waals surface area contributed by atoms with Gasteiger partial charge in [0.25, 0.3) is 0 Å². The highest BCUT2D eigenvalue weighted by atomic mass is 19.1. The number of halogens is 1. The molecule has 6 heteroatoms. The molecule has 0 radical (unpaired) electrons. The van der Waals surface area contributed by atoms with Crippen molar-refractivity contribution < 1.29 is 4.39 Å². The van der Waals surface area contributed by atoms with Gasteiger partial charge in [0.05, 0.1) is 11.2 Å². The van der Waals surface area contributed by atoms with E-state index in [0.29, 0.717) is 5.56 Å². The van der Waals surface area contributed by atoms with Crippen LogP contribution in [0.3, 0.4) is 0 Å². The van der Waals surface area contributed by atoms with E-state index in [-0.39, 0.29) is 5.82 Å². The number of fused-ring (bicyclic) bond motifs is 1. The van der Waals surface area contributed by atoms with E-state index in [2.05, 4.69) is 37.4 Å². The summed E-state index contributed by atoms with van der Waals surface area (Å²) in [5.41, 5.74) is 6.27. The zero-order valence-corrected chi connectivity index (χ0v) is 18.2. The first-order valence-corrected chi connectivity index (χ1v) is 10.8. The van der Waals surface area contributed by atoms with E-state index in [1.807, 2.05) is 42.6 Å². The van der Waals surface area contributed by atoms with E-state index in [4.69, 9.17) is 0 Å². The van der Waals surface area contributed by atoms with Gasteiger partial charge in [0.1, 0.15) is 18.0 Å². The number of nitrogens with one attached hydrogen (secondary N) is 1. The minimum atomic E-state index is -0.221. The van der Waals surface area contributed by atoms with Crippen molar-refractivity contribution in [3.8, 4) is 22.4 Å². The molecule has 5 nitrogen and oxygen atoms in total. The Morgan fingerprint density at radius 2 is 1.76 bits per heavy atom. The van der Waals surface area contributed by atoms with E-state index in [9.17, 15) is 4.39 Å². The predicted molar refractivity (Wildman–Crippen MR) is 129 cm³/mol. The van der Waals surface area contributed by atoms with Gasteiger partial charge in [0.2, 0.25) is 0 Å². The number of nitrogens with zero attached hydrogens (tertiary/aromatic N) is 4. The maximum atomic E-state index is 13.8. The summed E-state index contributed by atoms with van der Waals surface area (Å²) in [5.74, 6) is 0.565. The van der Waals surface area contributed by atoms with Gasteiger partial charge in [-0.1, -0.05) is 18.2 Å². The third-order valence-electron chi connectivity index (χ3n) is 5.61. The summed E-state index contributed by atoms with van der Waals surface area (Å²) < 4.78 is 13.8. The number of pyridine rings is 2. The molecule has 0 aliphatic heterocycles. The zero-order valence-electron chi connectivity index (χ0n) is 18.2. The first kappa shape index (κ1) is 20.7. The lowest BCUT2D eigenvalue weighted by Gasteiger charge is -2.12. The molecule has 0 aliphatic carbocycles. The predicted octanol–water partition coefficient (Wildman–Crippen LogP) is 5.86. The van der Waals surface area contributed by atoms with Gasteiger partial charge in [-0.3, -0.25) is 9.97 Å². The van der Waals surface area contributed by atoms with Crippen molar-refractivity contribution >= 4 is 16.7 Å². The minimum Gasteiger partial charge on any atom is -0.369 e. The second-order valence-corrected chi connectivity index (χ2v) is 7.86. The van der Waals surface area contributed by atoms with Gasteiger partial charge in [0, 0.05) is 41.6 Å². The van der Waals surface area contributed by atoms with E-state index in [0.717, 1.165) is 52.1 Å². The van der Waals surface area contributed by atoms with E-state index in [1.54, 1.807) is 31.7 Å². The van der Waals surface area contributed by atoms with Gasteiger partial charge in [-0.15, -0.1) is 0 Å². The molecular formula is C27H22FN5. The van der Waals surface area contributed by atoms with Gasteiger partial charge < -0.3 is 5.32 Å². The third-order valence-corrected chi connectivity index (χ3v) is 5.61. The Morgan fingerprint density at radius 3 is 2.61 bits per heavy atom. The normalized spacial score (nSPS) is 11.0. The molecule has 0 saturated heterocycles. The number of aromatic nitrogens is 4. The van der Waals surface area contributed by atoms with Crippen molar-refractivity contribution in [1.82, 2.24) is 19.9 Å². The molecule has 0 amide bonds. The monoisotopic (exact) mass is 435 g/mol. The van der Waals surface area contributed by atoms with Crippen LogP contribution in [0.4, 0.5) is 10.2 Å². The van der Waals surface area contributed by atoms with Crippen LogP contribution >= 0.6 is 0 Å². The second kappa shape index (κ2) is 9.12. The van der Waals surface area contributed by atoms with Crippen LogP contribution in [0.25, 0.3) is 33.3 Å². The molecule has 0 saturated carbocycles. The number of anilines is 1. The lowest BCUT2D eigenvalue weighted by molar-refractivity contribution is 0.619. The van der Waals surface area contributed by atoms with Crippen LogP contribution in [0.15, 0.2) is 85.6 Å². The zero-order chi connectivity index (χ0) is 22.6. The van der Waals surface area contributed by atoms with Crippen molar-refractivity contribution in [1.29, 1.82) is 0 Å². The SMILES string of the molecule is Cc1cc(-c2ncccc2-c2ccc3ncnc(NCCc4cccnc4)c3c2)ccc1F. The fourth-order valence-corrected chi connectivity index (χ4v) is 3.90. The summed E-state index contributed by atoms with van der Waals surface area (Å²) in [7, 11) is 0. The van der Waals surface area contributed by atoms with Crippen molar-refractivity contribution in [3.05, 3.63) is 103 Å². The smallest absolute Gasteiger partial charge is 0.137 e. The van der Waals surface area contributed by atoms with Crippen LogP contribution in [0.2, 0.25) is 0 Å². The third kappa shape index (κ3) is 4.41. The highest BCUT2D eigenvalue weighted by Crippen LogP contribution is 2.33. The molecule has 2 aromatic carbocycles. The van der Waals surface area contributed by atoms with Crippen LogP contribution in [-0.4, -0.2) is 26.5 Å². The first-order valence-electron chi connectivity index (χ1n) is 10.8. The molecule has 5 rings (SSSR count). The van der Waals surface area contributed by atoms with Gasteiger partial charge >= 0.3 is 0 Å². The molecule has 0 aliphatic rings. The Bertz CT molecular complexity index is 1420. The van der Waals surface area contributed by atoms with Crippen molar-refractivity contribution in [2.24, 2.45) is 0 Å². The van der Waals surface area contributed by atoms with Crippen molar-refractivity contribution in [2.75, 3.05) is 11.9 Å². The van der Waals surface area contributed by atoms with E-state index >= 15 is 0 Å². The highest BCUT2D eigenvalue weighted by Gasteiger charge is 2.12. The summed E-state index contributed by atoms with van der Waals surface area (Å²) in [4.78, 5) is 17.7. The lowest BCUT2D eigenvalue weighted by atomic mass is 9.97.